The predicted molar refractivity (Wildman–Crippen MR) is 97.4 cm³/mol. The summed E-state index contributed by atoms with van der Waals surface area (Å²) in [4.78, 5) is 3.23. The van der Waals surface area contributed by atoms with Gasteiger partial charge in [-0.05, 0) is 18.2 Å². The molecule has 27 heavy (non-hydrogen) atoms. The van der Waals surface area contributed by atoms with Crippen molar-refractivity contribution in [1.29, 1.82) is 0 Å². The molecule has 0 amide bonds. The molecular weight excluding hydrogens is 370 g/mol. The third-order valence-electron chi connectivity index (χ3n) is 4.48. The van der Waals surface area contributed by atoms with E-state index in [9.17, 15) is 8.42 Å². The highest BCUT2D eigenvalue weighted by Crippen LogP contribution is 2.30. The van der Waals surface area contributed by atoms with Gasteiger partial charge < -0.3 is 14.2 Å². The van der Waals surface area contributed by atoms with E-state index >= 15 is 0 Å². The van der Waals surface area contributed by atoms with E-state index in [1.165, 1.54) is 10.5 Å². The molecule has 3 heterocycles. The highest BCUT2D eigenvalue weighted by Gasteiger charge is 2.27. The van der Waals surface area contributed by atoms with Gasteiger partial charge in [-0.25, -0.2) is 13.4 Å². The second kappa shape index (κ2) is 7.71. The number of rotatable bonds is 5. The number of nitrogens with zero attached hydrogens (tertiary/aromatic N) is 1. The van der Waals surface area contributed by atoms with Gasteiger partial charge in [0.05, 0.1) is 13.2 Å². The second-order valence-electron chi connectivity index (χ2n) is 6.33. The van der Waals surface area contributed by atoms with Crippen molar-refractivity contribution in [3.63, 3.8) is 0 Å². The Hall–Kier alpha value is -2.36. The Balaban J connectivity index is 1.36. The Morgan fingerprint density at radius 2 is 1.89 bits per heavy atom. The number of morpholine rings is 1. The molecule has 0 radical (unpaired) electrons. The zero-order chi connectivity index (χ0) is 18.7. The van der Waals surface area contributed by atoms with Crippen LogP contribution in [0.2, 0.25) is 0 Å². The number of aromatic nitrogens is 1. The van der Waals surface area contributed by atoms with Crippen LogP contribution in [0, 0.1) is 0 Å². The van der Waals surface area contributed by atoms with Crippen molar-refractivity contribution < 1.29 is 27.6 Å². The largest absolute Gasteiger partial charge is 0.486 e. The number of anilines is 1. The lowest BCUT2D eigenvalue weighted by Crippen LogP contribution is -2.41. The standard InChI is InChI=1S/C18H21N3O5S/c22-27(23,21-7-9-24-10-8-21)15-5-6-18(20-12-15)19-11-14-13-25-16-3-1-2-4-17(16)26-14/h1-6,12,14H,7-11,13H2,(H,19,20)/p+1/t14-/m0/s1. The fraction of sp³-hybridized carbons (Fsp3) is 0.389. The molecule has 1 saturated heterocycles. The molecule has 0 bridgehead atoms. The number of hydrogen-bond acceptors (Lipinski definition) is 6. The molecule has 1 fully saturated rings. The topological polar surface area (TPSA) is 91.2 Å². The minimum absolute atomic E-state index is 0.134. The van der Waals surface area contributed by atoms with Crippen LogP contribution in [0.25, 0.3) is 0 Å². The molecule has 8 nitrogen and oxygen atoms in total. The number of hydrogen-bond donors (Lipinski definition) is 1. The number of H-pyrrole nitrogens is 1. The van der Waals surface area contributed by atoms with Gasteiger partial charge in [-0.1, -0.05) is 12.1 Å². The van der Waals surface area contributed by atoms with E-state index < -0.39 is 10.0 Å². The molecular formula is C18H22N3O5S+. The van der Waals surface area contributed by atoms with Crippen molar-refractivity contribution in [2.75, 3.05) is 44.8 Å². The van der Waals surface area contributed by atoms with Gasteiger partial charge >= 0.3 is 0 Å². The van der Waals surface area contributed by atoms with Gasteiger partial charge in [0.25, 0.3) is 5.82 Å². The van der Waals surface area contributed by atoms with Crippen molar-refractivity contribution in [3.8, 4) is 11.5 Å². The van der Waals surface area contributed by atoms with Crippen molar-refractivity contribution in [2.45, 2.75) is 11.0 Å². The van der Waals surface area contributed by atoms with E-state index in [4.69, 9.17) is 14.2 Å². The monoisotopic (exact) mass is 392 g/mol. The summed E-state index contributed by atoms with van der Waals surface area (Å²) in [5, 5.41) is 3.21. The number of para-hydroxylation sites is 2. The van der Waals surface area contributed by atoms with Crippen molar-refractivity contribution in [3.05, 3.63) is 42.6 Å². The molecule has 144 valence electrons. The zero-order valence-electron chi connectivity index (χ0n) is 14.8. The van der Waals surface area contributed by atoms with E-state index in [0.29, 0.717) is 45.3 Å². The Kier molecular flexibility index (Phi) is 5.15. The summed E-state index contributed by atoms with van der Waals surface area (Å²) in [6.45, 7) is 2.59. The first-order chi connectivity index (χ1) is 13.1. The van der Waals surface area contributed by atoms with Crippen LogP contribution in [0.1, 0.15) is 0 Å². The normalized spacial score (nSPS) is 20.2. The molecule has 0 spiro atoms. The van der Waals surface area contributed by atoms with Crippen LogP contribution in [0.3, 0.4) is 0 Å². The van der Waals surface area contributed by atoms with Gasteiger partial charge in [0, 0.05) is 19.2 Å². The lowest BCUT2D eigenvalue weighted by Gasteiger charge is -2.25. The van der Waals surface area contributed by atoms with Crippen molar-refractivity contribution in [2.24, 2.45) is 0 Å². The van der Waals surface area contributed by atoms with E-state index in [1.807, 2.05) is 24.3 Å². The molecule has 0 unspecified atom stereocenters. The number of ether oxygens (including phenoxy) is 3. The van der Waals surface area contributed by atoms with E-state index in [2.05, 4.69) is 10.3 Å². The minimum atomic E-state index is -3.50. The number of fused-ring (bicyclic) bond motifs is 1. The molecule has 1 aromatic carbocycles. The van der Waals surface area contributed by atoms with E-state index in [0.717, 1.165) is 11.5 Å². The lowest BCUT2D eigenvalue weighted by molar-refractivity contribution is -0.364. The lowest BCUT2D eigenvalue weighted by atomic mass is 10.2. The first-order valence-electron chi connectivity index (χ1n) is 8.85. The molecule has 0 saturated carbocycles. The number of pyridine rings is 1. The highest BCUT2D eigenvalue weighted by atomic mass is 32.2. The maximum atomic E-state index is 12.6. The van der Waals surface area contributed by atoms with Gasteiger partial charge in [0.2, 0.25) is 10.0 Å². The maximum absolute atomic E-state index is 12.6. The van der Waals surface area contributed by atoms with Gasteiger partial charge in [-0.2, -0.15) is 4.31 Å². The van der Waals surface area contributed by atoms with Gasteiger partial charge in [-0.3, -0.25) is 5.32 Å². The maximum Gasteiger partial charge on any atom is 0.272 e. The summed E-state index contributed by atoms with van der Waals surface area (Å²) in [5.74, 6) is 2.18. The Labute approximate surface area is 158 Å². The third-order valence-corrected chi connectivity index (χ3v) is 6.37. The average Bonchev–Trinajstić information content (AvgIpc) is 2.73. The molecule has 2 aromatic rings. The Morgan fingerprint density at radius 1 is 1.11 bits per heavy atom. The fourth-order valence-electron chi connectivity index (χ4n) is 3.00. The van der Waals surface area contributed by atoms with Gasteiger partial charge in [0.1, 0.15) is 24.2 Å². The molecule has 2 aliphatic heterocycles. The van der Waals surface area contributed by atoms with E-state index in [1.54, 1.807) is 12.1 Å². The zero-order valence-corrected chi connectivity index (χ0v) is 15.6. The third kappa shape index (κ3) is 4.00. The number of benzene rings is 1. The summed E-state index contributed by atoms with van der Waals surface area (Å²) >= 11 is 0. The van der Waals surface area contributed by atoms with Crippen LogP contribution >= 0.6 is 0 Å². The van der Waals surface area contributed by atoms with Gasteiger partial charge in [0.15, 0.2) is 17.6 Å². The van der Waals surface area contributed by atoms with Crippen LogP contribution in [0.15, 0.2) is 47.5 Å². The molecule has 1 atom stereocenters. The van der Waals surface area contributed by atoms with Crippen LogP contribution in [0.5, 0.6) is 11.5 Å². The van der Waals surface area contributed by atoms with Crippen LogP contribution in [0.4, 0.5) is 5.82 Å². The number of nitrogens with one attached hydrogen (secondary N) is 2. The molecule has 0 aliphatic carbocycles. The summed E-state index contributed by atoms with van der Waals surface area (Å²) in [6, 6.07) is 10.9. The summed E-state index contributed by atoms with van der Waals surface area (Å²) in [5.41, 5.74) is 0. The molecule has 2 N–H and O–H groups in total. The molecule has 4 rings (SSSR count). The van der Waals surface area contributed by atoms with Crippen LogP contribution in [-0.2, 0) is 14.8 Å². The smallest absolute Gasteiger partial charge is 0.272 e. The first-order valence-corrected chi connectivity index (χ1v) is 10.3. The number of aromatic amines is 1. The Bertz CT molecular complexity index is 882. The minimum Gasteiger partial charge on any atom is -0.486 e. The van der Waals surface area contributed by atoms with E-state index in [-0.39, 0.29) is 11.0 Å². The van der Waals surface area contributed by atoms with Gasteiger partial charge in [-0.15, -0.1) is 0 Å². The molecule has 2 aliphatic rings. The van der Waals surface area contributed by atoms with Crippen molar-refractivity contribution in [1.82, 2.24) is 4.31 Å². The molecule has 9 heteroatoms. The number of sulfonamides is 1. The summed E-state index contributed by atoms with van der Waals surface area (Å²) in [6.07, 6.45) is 1.37. The van der Waals surface area contributed by atoms with Crippen LogP contribution < -0.4 is 19.8 Å². The first kappa shape index (κ1) is 18.0. The predicted octanol–water partition coefficient (Wildman–Crippen LogP) is 0.773. The quantitative estimate of drug-likeness (QED) is 0.808. The SMILES string of the molecule is O=S(=O)(c1ccc(NC[C@H]2COc3ccccc3O2)[nH+]c1)N1CCOCC1. The average molecular weight is 392 g/mol. The van der Waals surface area contributed by atoms with Crippen LogP contribution in [-0.4, -0.2) is 58.3 Å². The summed E-state index contributed by atoms with van der Waals surface area (Å²) in [7, 11) is -3.50. The summed E-state index contributed by atoms with van der Waals surface area (Å²) < 4.78 is 43.5. The Morgan fingerprint density at radius 3 is 2.63 bits per heavy atom. The second-order valence-corrected chi connectivity index (χ2v) is 8.27. The molecule has 1 aromatic heterocycles. The van der Waals surface area contributed by atoms with Crippen molar-refractivity contribution >= 4 is 15.8 Å². The highest BCUT2D eigenvalue weighted by molar-refractivity contribution is 7.89. The fourth-order valence-corrected chi connectivity index (χ4v) is 4.38.